The van der Waals surface area contributed by atoms with Gasteiger partial charge < -0.3 is 9.90 Å². The zero-order valence-electron chi connectivity index (χ0n) is 13.9. The van der Waals surface area contributed by atoms with Gasteiger partial charge in [0.1, 0.15) is 5.78 Å². The third kappa shape index (κ3) is 2.71. The number of hydrogen-bond acceptors (Lipinski definition) is 5. The molecule has 0 bridgehead atoms. The van der Waals surface area contributed by atoms with Gasteiger partial charge in [-0.15, -0.1) is 0 Å². The first-order valence-electron chi connectivity index (χ1n) is 8.64. The molecule has 0 radical (unpaired) electrons. The first-order valence-corrected chi connectivity index (χ1v) is 9.58. The van der Waals surface area contributed by atoms with Gasteiger partial charge in [0.15, 0.2) is 0 Å². The molecule has 2 heterocycles. The summed E-state index contributed by atoms with van der Waals surface area (Å²) < 4.78 is 0. The summed E-state index contributed by atoms with van der Waals surface area (Å²) in [7, 11) is 0. The first kappa shape index (κ1) is 16.5. The molecule has 2 fully saturated rings. The maximum atomic E-state index is 12.6. The summed E-state index contributed by atoms with van der Waals surface area (Å²) in [6.45, 7) is 1.54. The van der Waals surface area contributed by atoms with E-state index in [-0.39, 0.29) is 11.7 Å². The van der Waals surface area contributed by atoms with Crippen LogP contribution < -0.4 is 5.11 Å². The fourth-order valence-electron chi connectivity index (χ4n) is 4.67. The number of rotatable bonds is 4. The minimum atomic E-state index is -1.11. The lowest BCUT2D eigenvalue weighted by molar-refractivity contribution is -0.322. The van der Waals surface area contributed by atoms with Crippen molar-refractivity contribution in [2.75, 3.05) is 13.1 Å². The highest BCUT2D eigenvalue weighted by atomic mass is 32.1. The average Bonchev–Trinajstić information content (AvgIpc) is 3.25. The normalized spacial score (nSPS) is 29.5. The number of carbonyl (C=O) groups excluding carboxylic acids is 2. The number of carbonyl (C=O) groups is 2. The van der Waals surface area contributed by atoms with Gasteiger partial charge in [-0.05, 0) is 40.3 Å². The monoisotopic (exact) mass is 354 g/mol. The van der Waals surface area contributed by atoms with Crippen LogP contribution in [0.25, 0.3) is 0 Å². The van der Waals surface area contributed by atoms with Gasteiger partial charge in [-0.1, -0.05) is 30.3 Å². The Morgan fingerprint density at radius 1 is 1.24 bits per heavy atom. The maximum Gasteiger partial charge on any atom is 0.138 e. The molecule has 2 aliphatic rings. The van der Waals surface area contributed by atoms with Crippen molar-refractivity contribution in [2.24, 2.45) is 11.3 Å². The van der Waals surface area contributed by atoms with Crippen molar-refractivity contribution in [3.05, 3.63) is 58.3 Å². The van der Waals surface area contributed by atoms with Gasteiger partial charge >= 0.3 is 0 Å². The molecule has 25 heavy (non-hydrogen) atoms. The van der Waals surface area contributed by atoms with Crippen LogP contribution in [0.4, 0.5) is 0 Å². The average molecular weight is 354 g/mol. The molecule has 1 saturated carbocycles. The fraction of sp³-hybridized carbons (Fsp3) is 0.400. The van der Waals surface area contributed by atoms with Crippen LogP contribution in [0, 0.1) is 11.3 Å². The molecular weight excluding hydrogens is 334 g/mol. The summed E-state index contributed by atoms with van der Waals surface area (Å²) in [5, 5.41) is 16.3. The lowest BCUT2D eigenvalue weighted by atomic mass is 9.59. The minimum absolute atomic E-state index is 0.0752. The van der Waals surface area contributed by atoms with Gasteiger partial charge in [0.2, 0.25) is 0 Å². The predicted octanol–water partition coefficient (Wildman–Crippen LogP) is 2.06. The van der Waals surface area contributed by atoms with Gasteiger partial charge in [0.25, 0.3) is 0 Å². The molecule has 0 amide bonds. The van der Waals surface area contributed by atoms with Crippen molar-refractivity contribution in [1.29, 1.82) is 0 Å². The van der Waals surface area contributed by atoms with Crippen LogP contribution in [0.2, 0.25) is 0 Å². The number of benzene rings is 1. The summed E-state index contributed by atoms with van der Waals surface area (Å²) in [5.41, 5.74) is 1.06. The van der Waals surface area contributed by atoms with Crippen LogP contribution in [0.5, 0.6) is 0 Å². The lowest BCUT2D eigenvalue weighted by Gasteiger charge is -2.45. The molecule has 4 nitrogen and oxygen atoms in total. The van der Waals surface area contributed by atoms with E-state index in [2.05, 4.69) is 4.90 Å². The summed E-state index contributed by atoms with van der Waals surface area (Å²) >= 11 is 1.57. The zero-order chi connectivity index (χ0) is 17.4. The highest BCUT2D eigenvalue weighted by Gasteiger charge is 2.57. The number of aliphatic carboxylic acids is 1. The van der Waals surface area contributed by atoms with Crippen LogP contribution in [-0.2, 0) is 16.1 Å². The predicted molar refractivity (Wildman–Crippen MR) is 94.0 cm³/mol. The molecule has 3 atom stereocenters. The summed E-state index contributed by atoms with van der Waals surface area (Å²) in [5.74, 6) is -1.62. The van der Waals surface area contributed by atoms with Crippen molar-refractivity contribution >= 4 is 23.1 Å². The van der Waals surface area contributed by atoms with E-state index in [0.717, 1.165) is 11.1 Å². The second kappa shape index (κ2) is 6.39. The molecule has 130 valence electrons. The van der Waals surface area contributed by atoms with Crippen molar-refractivity contribution in [3.8, 4) is 0 Å². The summed E-state index contributed by atoms with van der Waals surface area (Å²) in [6.07, 6.45) is 1.05. The number of ketones is 1. The molecule has 4 rings (SSSR count). The summed E-state index contributed by atoms with van der Waals surface area (Å²) in [6, 6.07) is 12.0. The van der Waals surface area contributed by atoms with Gasteiger partial charge in [-0.3, -0.25) is 9.69 Å². The lowest BCUT2D eigenvalue weighted by Crippen LogP contribution is -2.55. The Labute approximate surface area is 151 Å². The molecule has 1 aliphatic carbocycles. The summed E-state index contributed by atoms with van der Waals surface area (Å²) in [4.78, 5) is 27.0. The smallest absolute Gasteiger partial charge is 0.138 e. The third-order valence-electron chi connectivity index (χ3n) is 5.81. The Balaban J connectivity index is 1.69. The second-order valence-corrected chi connectivity index (χ2v) is 7.93. The van der Waals surface area contributed by atoms with Crippen LogP contribution in [0.15, 0.2) is 47.2 Å². The number of likely N-dealkylation sites (tertiary alicyclic amines) is 1. The van der Waals surface area contributed by atoms with Crippen molar-refractivity contribution in [3.63, 3.8) is 0 Å². The second-order valence-electron chi connectivity index (χ2n) is 7.15. The first-order chi connectivity index (χ1) is 12.1. The minimum Gasteiger partial charge on any atom is -0.549 e. The van der Waals surface area contributed by atoms with Crippen molar-refractivity contribution in [2.45, 2.75) is 25.3 Å². The number of carboxylic acid groups (broad SMARTS) is 1. The Hall–Kier alpha value is -1.98. The molecule has 2 aromatic rings. The van der Waals surface area contributed by atoms with Crippen molar-refractivity contribution in [1.82, 2.24) is 4.90 Å². The molecular formula is C20H20NO3S-. The van der Waals surface area contributed by atoms with E-state index in [1.165, 1.54) is 0 Å². The number of carboxylic acids is 1. The standard InChI is InChI=1S/C20H21NO3S/c22-18-7-6-16(15-8-9-25-12-15)20(19(23)24)13-21(11-17(18)20)10-14-4-2-1-3-5-14/h1-5,8-9,12,16-17H,6-7,10-11,13H2,(H,23,24)/p-1. The van der Waals surface area contributed by atoms with E-state index in [1.54, 1.807) is 11.3 Å². The van der Waals surface area contributed by atoms with Crippen LogP contribution >= 0.6 is 11.3 Å². The number of Topliss-reactive ketones (excluding diaryl/α,β-unsaturated/α-hetero) is 1. The molecule has 1 aliphatic heterocycles. The highest BCUT2D eigenvalue weighted by molar-refractivity contribution is 7.08. The van der Waals surface area contributed by atoms with Gasteiger partial charge in [0.05, 0.1) is 5.97 Å². The van der Waals surface area contributed by atoms with E-state index >= 15 is 0 Å². The van der Waals surface area contributed by atoms with E-state index in [4.69, 9.17) is 0 Å². The molecule has 1 aromatic carbocycles. The molecule has 1 saturated heterocycles. The van der Waals surface area contributed by atoms with Gasteiger partial charge in [-0.25, -0.2) is 0 Å². The molecule has 3 unspecified atom stereocenters. The van der Waals surface area contributed by atoms with Crippen LogP contribution in [-0.4, -0.2) is 29.7 Å². The molecule has 0 N–H and O–H groups in total. The number of nitrogens with zero attached hydrogens (tertiary/aromatic N) is 1. The molecule has 0 spiro atoms. The molecule has 1 aromatic heterocycles. The van der Waals surface area contributed by atoms with Gasteiger partial charge in [-0.2, -0.15) is 11.3 Å². The van der Waals surface area contributed by atoms with E-state index in [9.17, 15) is 14.7 Å². The number of fused-ring (bicyclic) bond motifs is 1. The topological polar surface area (TPSA) is 60.4 Å². The Morgan fingerprint density at radius 3 is 2.72 bits per heavy atom. The van der Waals surface area contributed by atoms with E-state index < -0.39 is 17.3 Å². The Morgan fingerprint density at radius 2 is 2.04 bits per heavy atom. The van der Waals surface area contributed by atoms with Crippen molar-refractivity contribution < 1.29 is 14.7 Å². The van der Waals surface area contributed by atoms with Crippen LogP contribution in [0.3, 0.4) is 0 Å². The third-order valence-corrected chi connectivity index (χ3v) is 6.51. The highest BCUT2D eigenvalue weighted by Crippen LogP contribution is 2.53. The number of hydrogen-bond donors (Lipinski definition) is 0. The zero-order valence-corrected chi connectivity index (χ0v) is 14.7. The van der Waals surface area contributed by atoms with Crippen LogP contribution in [0.1, 0.15) is 29.9 Å². The Kier molecular flexibility index (Phi) is 4.21. The quantitative estimate of drug-likeness (QED) is 0.843. The number of thiophene rings is 1. The molecule has 5 heteroatoms. The van der Waals surface area contributed by atoms with E-state index in [0.29, 0.717) is 32.5 Å². The SMILES string of the molecule is O=C1CCC(c2ccsc2)C2(C(=O)[O-])CN(Cc3ccccc3)CC12. The van der Waals surface area contributed by atoms with Gasteiger partial charge in [0, 0.05) is 37.4 Å². The maximum absolute atomic E-state index is 12.6. The largest absolute Gasteiger partial charge is 0.549 e. The Bertz CT molecular complexity index is 774. The van der Waals surface area contributed by atoms with E-state index in [1.807, 2.05) is 47.2 Å². The fourth-order valence-corrected chi connectivity index (χ4v) is 5.39.